The zero-order chi connectivity index (χ0) is 24.8. The minimum absolute atomic E-state index is 0.00113. The molecule has 2 N–H and O–H groups in total. The molecule has 0 spiro atoms. The quantitative estimate of drug-likeness (QED) is 0.328. The second-order valence-electron chi connectivity index (χ2n) is 12.5. The Labute approximate surface area is 197 Å². The minimum Gasteiger partial charge on any atom is -0.465 e. The predicted octanol–water partition coefficient (Wildman–Crippen LogP) is 7.07. The first-order valence-electron chi connectivity index (χ1n) is 11.8. The summed E-state index contributed by atoms with van der Waals surface area (Å²) in [4.78, 5) is 0. The molecule has 2 aliphatic rings. The zero-order valence-electron chi connectivity index (χ0n) is 21.7. The number of rotatable bonds is 0. The van der Waals surface area contributed by atoms with Crippen molar-refractivity contribution in [3.8, 4) is 0 Å². The van der Waals surface area contributed by atoms with Crippen LogP contribution in [-0.4, -0.2) is 21.8 Å². The number of fused-ring (bicyclic) bond motifs is 2. The highest BCUT2D eigenvalue weighted by atomic mass is 16.4. The molecule has 0 bridgehead atoms. The maximum atomic E-state index is 9.13. The summed E-state index contributed by atoms with van der Waals surface area (Å²) in [5, 5.41) is 25.0. The highest BCUT2D eigenvalue weighted by Gasteiger charge is 2.34. The van der Waals surface area contributed by atoms with Crippen LogP contribution in [0.3, 0.4) is 0 Å². The molecule has 2 aromatic rings. The summed E-state index contributed by atoms with van der Waals surface area (Å²) in [6.45, 7) is 19.2. The van der Waals surface area contributed by atoms with Gasteiger partial charge in [0.1, 0.15) is 23.0 Å². The Morgan fingerprint density at radius 2 is 1.27 bits per heavy atom. The molecule has 1 atom stereocenters. The van der Waals surface area contributed by atoms with Gasteiger partial charge < -0.3 is 19.2 Å². The molecule has 2 aromatic heterocycles. The van der Waals surface area contributed by atoms with Crippen molar-refractivity contribution in [2.75, 3.05) is 0 Å². The summed E-state index contributed by atoms with van der Waals surface area (Å²) in [5.74, 6) is 4.34. The van der Waals surface area contributed by atoms with Gasteiger partial charge in [-0.1, -0.05) is 72.6 Å². The molecule has 4 rings (SSSR count). The number of hydrogen-bond donors (Lipinski definition) is 2. The fourth-order valence-corrected chi connectivity index (χ4v) is 4.43. The molecule has 0 saturated carbocycles. The van der Waals surface area contributed by atoms with Gasteiger partial charge in [0, 0.05) is 34.8 Å². The van der Waals surface area contributed by atoms with E-state index in [9.17, 15) is 0 Å². The molecule has 6 heteroatoms. The molecule has 0 aliphatic heterocycles. The lowest BCUT2D eigenvalue weighted by atomic mass is 9.76. The van der Waals surface area contributed by atoms with Crippen molar-refractivity contribution >= 4 is 11.4 Å². The van der Waals surface area contributed by atoms with Crippen molar-refractivity contribution in [3.05, 3.63) is 46.3 Å². The normalized spacial score (nSPS) is 22.5. The maximum absolute atomic E-state index is 9.13. The lowest BCUT2D eigenvalue weighted by Crippen LogP contribution is -2.26. The van der Waals surface area contributed by atoms with E-state index >= 15 is 0 Å². The third kappa shape index (κ3) is 5.53. The van der Waals surface area contributed by atoms with Crippen molar-refractivity contribution in [3.63, 3.8) is 0 Å². The Kier molecular flexibility index (Phi) is 6.62. The smallest absolute Gasteiger partial charge is 0.113 e. The van der Waals surface area contributed by atoms with Gasteiger partial charge in [-0.2, -0.15) is 0 Å². The largest absolute Gasteiger partial charge is 0.465 e. The number of furan rings is 2. The van der Waals surface area contributed by atoms with Gasteiger partial charge >= 0.3 is 0 Å². The van der Waals surface area contributed by atoms with E-state index in [0.29, 0.717) is 5.92 Å². The van der Waals surface area contributed by atoms with Gasteiger partial charge in [0.25, 0.3) is 0 Å². The minimum atomic E-state index is -0.0119. The third-order valence-electron chi connectivity index (χ3n) is 6.32. The molecule has 0 saturated heterocycles. The summed E-state index contributed by atoms with van der Waals surface area (Å²) in [6, 6.07) is 4.05. The average molecular weight is 457 g/mol. The van der Waals surface area contributed by atoms with E-state index in [2.05, 4.69) is 72.6 Å². The summed E-state index contributed by atoms with van der Waals surface area (Å²) in [7, 11) is 0. The van der Waals surface area contributed by atoms with Gasteiger partial charge in [0.2, 0.25) is 0 Å². The molecule has 6 nitrogen and oxygen atoms in total. The number of hydrogen-bond acceptors (Lipinski definition) is 6. The van der Waals surface area contributed by atoms with Crippen LogP contribution in [0.15, 0.2) is 31.3 Å². The molecule has 2 heterocycles. The Bertz CT molecular complexity index is 1060. The predicted molar refractivity (Wildman–Crippen MR) is 131 cm³/mol. The molecule has 2 aliphatic carbocycles. The van der Waals surface area contributed by atoms with Gasteiger partial charge in [-0.05, 0) is 36.3 Å². The van der Waals surface area contributed by atoms with Crippen LogP contribution in [0.25, 0.3) is 0 Å². The van der Waals surface area contributed by atoms with Gasteiger partial charge in [-0.15, -0.1) is 0 Å². The first kappa shape index (κ1) is 25.1. The van der Waals surface area contributed by atoms with Crippen LogP contribution in [0.5, 0.6) is 0 Å². The van der Waals surface area contributed by atoms with Gasteiger partial charge in [0.05, 0.1) is 11.4 Å². The first-order valence-corrected chi connectivity index (χ1v) is 11.8. The Morgan fingerprint density at radius 3 is 1.76 bits per heavy atom. The third-order valence-corrected chi connectivity index (χ3v) is 6.32. The van der Waals surface area contributed by atoms with E-state index in [4.69, 9.17) is 19.2 Å². The van der Waals surface area contributed by atoms with E-state index < -0.39 is 0 Å². The molecular formula is C27H40N2O4. The number of nitrogens with zero attached hydrogens (tertiary/aromatic N) is 2. The summed E-state index contributed by atoms with van der Waals surface area (Å²) in [5.41, 5.74) is 3.57. The van der Waals surface area contributed by atoms with E-state index in [1.165, 1.54) is 0 Å². The fraction of sp³-hybridized carbons (Fsp3) is 0.630. The monoisotopic (exact) mass is 456 g/mol. The Balaban J connectivity index is 0.000000186. The van der Waals surface area contributed by atoms with Crippen LogP contribution >= 0.6 is 0 Å². The van der Waals surface area contributed by atoms with Crippen LogP contribution in [-0.2, 0) is 23.7 Å². The van der Waals surface area contributed by atoms with E-state index in [1.54, 1.807) is 0 Å². The molecular weight excluding hydrogens is 416 g/mol. The highest BCUT2D eigenvalue weighted by molar-refractivity contribution is 6.03. The lowest BCUT2D eigenvalue weighted by Gasteiger charge is -2.28. The zero-order valence-corrected chi connectivity index (χ0v) is 21.7. The van der Waals surface area contributed by atoms with Gasteiger partial charge in [-0.25, -0.2) is 0 Å². The summed E-state index contributed by atoms with van der Waals surface area (Å²) in [6.07, 6.45) is 3.45. The molecule has 0 amide bonds. The van der Waals surface area contributed by atoms with E-state index in [1.807, 2.05) is 12.1 Å². The molecule has 0 fully saturated rings. The van der Waals surface area contributed by atoms with Gasteiger partial charge in [0.15, 0.2) is 0 Å². The van der Waals surface area contributed by atoms with Crippen molar-refractivity contribution < 1.29 is 19.2 Å². The fourth-order valence-electron chi connectivity index (χ4n) is 4.43. The van der Waals surface area contributed by atoms with Crippen molar-refractivity contribution in [2.45, 2.75) is 98.8 Å². The van der Waals surface area contributed by atoms with Crippen molar-refractivity contribution in [2.24, 2.45) is 21.6 Å². The van der Waals surface area contributed by atoms with Crippen LogP contribution in [0, 0.1) is 11.3 Å². The highest BCUT2D eigenvalue weighted by Crippen LogP contribution is 2.39. The molecule has 0 aromatic carbocycles. The first-order chi connectivity index (χ1) is 15.1. The van der Waals surface area contributed by atoms with Crippen molar-refractivity contribution in [1.82, 2.24) is 0 Å². The second kappa shape index (κ2) is 8.69. The topological polar surface area (TPSA) is 91.5 Å². The molecule has 1 unspecified atom stereocenters. The summed E-state index contributed by atoms with van der Waals surface area (Å²) >= 11 is 0. The van der Waals surface area contributed by atoms with Crippen molar-refractivity contribution in [1.29, 1.82) is 0 Å². The number of oxime groups is 2. The maximum Gasteiger partial charge on any atom is 0.113 e. The Hall–Kier alpha value is -2.50. The SMILES string of the molecule is CC1(C)C/C(=N/O)c2cc(C(C)(C)C)oc2C1.CC1C/C(=N/O)c2cc(C(C)(C)C)oc2C1. The molecule has 33 heavy (non-hydrogen) atoms. The van der Waals surface area contributed by atoms with E-state index in [0.717, 1.165) is 71.3 Å². The Morgan fingerprint density at radius 1 is 0.788 bits per heavy atom. The lowest BCUT2D eigenvalue weighted by molar-refractivity contribution is 0.291. The average Bonchev–Trinajstić information content (AvgIpc) is 3.30. The van der Waals surface area contributed by atoms with E-state index in [-0.39, 0.29) is 16.2 Å². The van der Waals surface area contributed by atoms with Crippen LogP contribution in [0.4, 0.5) is 0 Å². The summed E-state index contributed by atoms with van der Waals surface area (Å²) < 4.78 is 11.8. The molecule has 182 valence electrons. The van der Waals surface area contributed by atoms with Gasteiger partial charge in [-0.3, -0.25) is 0 Å². The second-order valence-corrected chi connectivity index (χ2v) is 12.5. The van der Waals surface area contributed by atoms with Crippen LogP contribution < -0.4 is 0 Å². The standard InChI is InChI=1S/C14H21NO2.C13H19NO2/c1-13(2,3)12-6-9-10(15-16)7-14(4,5)8-11(9)17-12;1-8-5-10(14-15)9-7-12(13(2,3)4)16-11(9)6-8/h6,16H,7-8H2,1-5H3;7-8,15H,5-6H2,1-4H3/b15-10-;14-10-. The van der Waals surface area contributed by atoms with Crippen LogP contribution in [0.2, 0.25) is 0 Å². The molecule has 0 radical (unpaired) electrons. The van der Waals surface area contributed by atoms with Crippen LogP contribution in [0.1, 0.15) is 109 Å².